The average molecular weight is 537 g/mol. The van der Waals surface area contributed by atoms with Crippen LogP contribution < -0.4 is 22.5 Å². The van der Waals surface area contributed by atoms with E-state index in [9.17, 15) is 19.5 Å². The molecule has 1 aromatic heterocycles. The molecule has 12 nitrogen and oxygen atoms in total. The summed E-state index contributed by atoms with van der Waals surface area (Å²) in [6.45, 7) is 0.545. The highest BCUT2D eigenvalue weighted by Gasteiger charge is 2.53. The number of rotatable bonds is 10. The van der Waals surface area contributed by atoms with Gasteiger partial charge in [-0.1, -0.05) is 11.8 Å². The minimum absolute atomic E-state index is 0.115. The number of carbonyl (C=O) groups is 3. The third-order valence-electron chi connectivity index (χ3n) is 5.18. The number of carboxylic acid groups (broad SMARTS) is 1. The molecule has 1 unspecified atom stereocenters. The number of amides is 2. The molecule has 3 heterocycles. The summed E-state index contributed by atoms with van der Waals surface area (Å²) in [4.78, 5) is 47.8. The Hall–Kier alpha value is -3.01. The molecule has 2 amide bonds. The molecule has 0 bridgehead atoms. The quantitative estimate of drug-likeness (QED) is 0.0755. The molecule has 1 saturated heterocycles. The number of thiocarbonyl (C=S) groups is 1. The number of fused-ring (bicyclic) bond motifs is 1. The summed E-state index contributed by atoms with van der Waals surface area (Å²) in [7, 11) is 0. The second kappa shape index (κ2) is 11.6. The minimum atomic E-state index is -1.24. The average Bonchev–Trinajstić information content (AvgIpc) is 2.82. The molecule has 0 aromatic carbocycles. The van der Waals surface area contributed by atoms with Crippen LogP contribution in [0.4, 0.5) is 0 Å². The van der Waals surface area contributed by atoms with Crippen molar-refractivity contribution in [2.24, 2.45) is 22.2 Å². The maximum atomic E-state index is 12.9. The van der Waals surface area contributed by atoms with Gasteiger partial charge < -0.3 is 27.6 Å². The highest BCUT2D eigenvalue weighted by Crippen LogP contribution is 2.43. The number of allylic oxidation sites excluding steroid dienone is 1. The lowest BCUT2D eigenvalue weighted by molar-refractivity contribution is -0.155. The third-order valence-corrected chi connectivity index (χ3v) is 7.51. The molecule has 15 heteroatoms. The topological polar surface area (TPSA) is 214 Å². The first-order valence-corrected chi connectivity index (χ1v) is 12.8. The molecule has 1 fully saturated rings. The Labute approximate surface area is 214 Å². The lowest BCUT2D eigenvalue weighted by Gasteiger charge is -2.50. The molecule has 9 N–H and O–H groups in total. The lowest BCUT2D eigenvalue weighted by atomic mass is 9.86. The van der Waals surface area contributed by atoms with E-state index in [0.29, 0.717) is 30.0 Å². The Morgan fingerprint density at radius 3 is 2.80 bits per heavy atom. The van der Waals surface area contributed by atoms with Crippen molar-refractivity contribution < 1.29 is 19.5 Å². The number of carboxylic acids is 1. The zero-order valence-electron chi connectivity index (χ0n) is 18.4. The van der Waals surface area contributed by atoms with Gasteiger partial charge in [-0.25, -0.2) is 9.79 Å². The zero-order valence-corrected chi connectivity index (χ0v) is 20.8. The molecule has 35 heavy (non-hydrogen) atoms. The van der Waals surface area contributed by atoms with E-state index in [4.69, 9.17) is 22.6 Å². The first kappa shape index (κ1) is 26.6. The highest BCUT2D eigenvalue weighted by molar-refractivity contribution is 8.03. The summed E-state index contributed by atoms with van der Waals surface area (Å²) in [6.07, 6.45) is 2.49. The summed E-state index contributed by atoms with van der Waals surface area (Å²) < 4.78 is 0. The number of pyridine rings is 1. The number of hydrogen-bond donors (Lipinski definition) is 6. The van der Waals surface area contributed by atoms with Crippen LogP contribution in [0, 0.1) is 5.41 Å². The van der Waals surface area contributed by atoms with Crippen LogP contribution in [0.2, 0.25) is 0 Å². The van der Waals surface area contributed by atoms with Crippen molar-refractivity contribution in [1.82, 2.24) is 15.2 Å². The SMILES string of the molecule is N=C(C(=O)N[C@@H]1C(=O)N2C(C(=O)O)=C(Sc3cccnc3CSCCN)CCC12)C(N)=NC(N)=S. The monoisotopic (exact) mass is 536 g/mol. The van der Waals surface area contributed by atoms with E-state index in [-0.39, 0.29) is 10.8 Å². The Kier molecular flexibility index (Phi) is 8.82. The molecule has 0 aliphatic carbocycles. The lowest BCUT2D eigenvalue weighted by Crippen LogP contribution is -2.72. The first-order valence-electron chi connectivity index (χ1n) is 10.4. The number of nitrogens with zero attached hydrogens (tertiary/aromatic N) is 3. The second-order valence-electron chi connectivity index (χ2n) is 7.44. The number of β-lactam (4-membered cyclic amide) rings is 1. The highest BCUT2D eigenvalue weighted by atomic mass is 32.2. The van der Waals surface area contributed by atoms with Crippen LogP contribution in [0.15, 0.2) is 38.8 Å². The van der Waals surface area contributed by atoms with Gasteiger partial charge in [0.15, 0.2) is 16.7 Å². The van der Waals surface area contributed by atoms with Crippen molar-refractivity contribution in [3.63, 3.8) is 0 Å². The summed E-state index contributed by atoms with van der Waals surface area (Å²) in [5.74, 6) is -1.84. The molecule has 0 spiro atoms. The van der Waals surface area contributed by atoms with Crippen LogP contribution in [0.3, 0.4) is 0 Å². The van der Waals surface area contributed by atoms with Crippen LogP contribution in [-0.2, 0) is 20.1 Å². The molecule has 1 aromatic rings. The summed E-state index contributed by atoms with van der Waals surface area (Å²) in [5, 5.41) is 19.8. The van der Waals surface area contributed by atoms with Crippen LogP contribution in [-0.4, -0.2) is 73.8 Å². The number of nitrogens with two attached hydrogens (primary N) is 3. The van der Waals surface area contributed by atoms with Gasteiger partial charge in [-0.3, -0.25) is 24.9 Å². The van der Waals surface area contributed by atoms with Gasteiger partial charge in [0.2, 0.25) is 0 Å². The van der Waals surface area contributed by atoms with E-state index in [1.54, 1.807) is 24.0 Å². The molecular weight excluding hydrogens is 512 g/mol. The molecule has 0 radical (unpaired) electrons. The van der Waals surface area contributed by atoms with Crippen molar-refractivity contribution in [2.45, 2.75) is 35.6 Å². The smallest absolute Gasteiger partial charge is 0.353 e. The van der Waals surface area contributed by atoms with Crippen LogP contribution in [0.1, 0.15) is 18.5 Å². The Morgan fingerprint density at radius 2 is 2.14 bits per heavy atom. The van der Waals surface area contributed by atoms with Gasteiger partial charge in [-0.15, -0.1) is 0 Å². The predicted molar refractivity (Wildman–Crippen MR) is 138 cm³/mol. The number of aliphatic carboxylic acids is 1. The number of amidine groups is 1. The van der Waals surface area contributed by atoms with Gasteiger partial charge in [-0.2, -0.15) is 11.8 Å². The second-order valence-corrected chi connectivity index (χ2v) is 10.1. The number of aromatic nitrogens is 1. The van der Waals surface area contributed by atoms with Crippen molar-refractivity contribution >= 4 is 70.2 Å². The van der Waals surface area contributed by atoms with E-state index >= 15 is 0 Å². The molecule has 2 atom stereocenters. The first-order chi connectivity index (χ1) is 16.6. The van der Waals surface area contributed by atoms with Gasteiger partial charge in [0, 0.05) is 34.0 Å². The summed E-state index contributed by atoms with van der Waals surface area (Å²) >= 11 is 7.48. The number of nitrogens with one attached hydrogen (secondary N) is 2. The molecule has 3 rings (SSSR count). The fourth-order valence-electron chi connectivity index (χ4n) is 3.64. The maximum absolute atomic E-state index is 12.9. The number of carbonyl (C=O) groups excluding carboxylic acids is 2. The normalized spacial score (nSPS) is 19.6. The Bertz CT molecular complexity index is 1140. The minimum Gasteiger partial charge on any atom is -0.477 e. The fourth-order valence-corrected chi connectivity index (χ4v) is 5.72. The molecule has 0 saturated carbocycles. The summed E-state index contributed by atoms with van der Waals surface area (Å²) in [6, 6.07) is 2.09. The maximum Gasteiger partial charge on any atom is 0.353 e. The molecule has 2 aliphatic rings. The van der Waals surface area contributed by atoms with Crippen molar-refractivity contribution in [3.8, 4) is 0 Å². The largest absolute Gasteiger partial charge is 0.477 e. The van der Waals surface area contributed by atoms with Crippen LogP contribution in [0.5, 0.6) is 0 Å². The molecule has 2 aliphatic heterocycles. The third kappa shape index (κ3) is 5.98. The Balaban J connectivity index is 1.77. The van der Waals surface area contributed by atoms with E-state index in [1.165, 1.54) is 16.7 Å². The number of hydrogen-bond acceptors (Lipinski definition) is 9. The van der Waals surface area contributed by atoms with Crippen molar-refractivity contribution in [3.05, 3.63) is 34.6 Å². The molecule has 186 valence electrons. The summed E-state index contributed by atoms with van der Waals surface area (Å²) in [5.41, 5.74) is 16.3. The van der Waals surface area contributed by atoms with Crippen molar-refractivity contribution in [1.29, 1.82) is 5.41 Å². The van der Waals surface area contributed by atoms with E-state index in [1.807, 2.05) is 6.07 Å². The van der Waals surface area contributed by atoms with Gasteiger partial charge in [0.05, 0.1) is 11.7 Å². The fraction of sp³-hybridized carbons (Fsp3) is 0.350. The van der Waals surface area contributed by atoms with Gasteiger partial charge in [0.25, 0.3) is 11.8 Å². The Morgan fingerprint density at radius 1 is 1.40 bits per heavy atom. The molecular formula is C20H24N8O4S3. The van der Waals surface area contributed by atoms with Crippen LogP contribution >= 0.6 is 35.7 Å². The van der Waals surface area contributed by atoms with Gasteiger partial charge in [-0.05, 0) is 37.2 Å². The standard InChI is InChI=1S/C20H24N8O4S3/c21-5-7-34-8-9-11(2-1-6-25-9)35-12-4-3-10-14(18(30)28(10)15(12)19(31)32)26-17(29)13(22)16(23)27-20(24)33/h1-2,6,10,14,22H,3-5,7-8,21H2,(H,26,29)(H,31,32)(H4,23,24,27,33)/t10?,14-/m0/s1. The van der Waals surface area contributed by atoms with E-state index < -0.39 is 41.4 Å². The van der Waals surface area contributed by atoms with Crippen molar-refractivity contribution in [2.75, 3.05) is 12.3 Å². The van der Waals surface area contributed by atoms with Gasteiger partial charge in [0.1, 0.15) is 11.7 Å². The van der Waals surface area contributed by atoms with E-state index in [2.05, 4.69) is 27.5 Å². The van der Waals surface area contributed by atoms with Gasteiger partial charge >= 0.3 is 5.97 Å². The zero-order chi connectivity index (χ0) is 25.7. The van der Waals surface area contributed by atoms with E-state index in [0.717, 1.165) is 16.3 Å². The number of thioether (sulfide) groups is 2. The number of aliphatic imine (C=N–C) groups is 1. The van der Waals surface area contributed by atoms with Crippen LogP contribution in [0.25, 0.3) is 0 Å². The predicted octanol–water partition coefficient (Wildman–Crippen LogP) is -0.228.